The predicted molar refractivity (Wildman–Crippen MR) is 73.0 cm³/mol. The Balaban J connectivity index is 2.49. The molecule has 0 aliphatic heterocycles. The van der Waals surface area contributed by atoms with Crippen LogP contribution < -0.4 is 9.96 Å². The molecule has 1 aromatic carbocycles. The van der Waals surface area contributed by atoms with Crippen LogP contribution >= 0.6 is 0 Å². The molecule has 6 heteroatoms. The molecule has 0 unspecified atom stereocenters. The lowest BCUT2D eigenvalue weighted by atomic mass is 10.1. The molecular formula is C14H16N2O4. The normalized spacial score (nSPS) is 10.4. The first-order valence-corrected chi connectivity index (χ1v) is 5.97. The lowest BCUT2D eigenvalue weighted by Crippen LogP contribution is -2.10. The molecule has 0 atom stereocenters. The van der Waals surface area contributed by atoms with Gasteiger partial charge in [-0.2, -0.15) is 0 Å². The summed E-state index contributed by atoms with van der Waals surface area (Å²) in [5.41, 5.74) is 2.33. The molecule has 0 radical (unpaired) electrons. The summed E-state index contributed by atoms with van der Waals surface area (Å²) in [6.45, 7) is 0.392. The van der Waals surface area contributed by atoms with E-state index in [4.69, 9.17) is 19.9 Å². The molecule has 0 saturated carbocycles. The van der Waals surface area contributed by atoms with Gasteiger partial charge in [0.15, 0.2) is 0 Å². The van der Waals surface area contributed by atoms with Gasteiger partial charge in [0.05, 0.1) is 25.1 Å². The summed E-state index contributed by atoms with van der Waals surface area (Å²) < 4.78 is 10.4. The summed E-state index contributed by atoms with van der Waals surface area (Å²) in [5, 5.41) is 18.2. The Bertz CT molecular complexity index is 587. The highest BCUT2D eigenvalue weighted by molar-refractivity contribution is 5.70. The van der Waals surface area contributed by atoms with E-state index < -0.39 is 0 Å². The molecule has 0 aliphatic rings. The summed E-state index contributed by atoms with van der Waals surface area (Å²) >= 11 is 0. The molecule has 0 aliphatic carbocycles. The Kier molecular flexibility index (Phi) is 4.52. The lowest BCUT2D eigenvalue weighted by Gasteiger charge is -2.12. The zero-order valence-corrected chi connectivity index (χ0v) is 11.3. The van der Waals surface area contributed by atoms with Crippen LogP contribution in [0.25, 0.3) is 11.3 Å². The number of methoxy groups -OCH3 is 2. The van der Waals surface area contributed by atoms with E-state index in [-0.39, 0.29) is 10.9 Å². The van der Waals surface area contributed by atoms with Gasteiger partial charge in [-0.15, -0.1) is 5.23 Å². The van der Waals surface area contributed by atoms with Gasteiger partial charge in [0.25, 0.3) is 0 Å². The highest BCUT2D eigenvalue weighted by Gasteiger charge is 2.11. The van der Waals surface area contributed by atoms with Gasteiger partial charge in [0.1, 0.15) is 11.4 Å². The lowest BCUT2D eigenvalue weighted by molar-refractivity contribution is 0.0292. The van der Waals surface area contributed by atoms with Crippen molar-refractivity contribution in [3.63, 3.8) is 0 Å². The van der Waals surface area contributed by atoms with E-state index in [1.807, 2.05) is 12.1 Å². The van der Waals surface area contributed by atoms with Gasteiger partial charge >= 0.3 is 0 Å². The van der Waals surface area contributed by atoms with Gasteiger partial charge < -0.3 is 9.47 Å². The molecule has 0 saturated heterocycles. The Morgan fingerprint density at radius 1 is 1.15 bits per heavy atom. The largest absolute Gasteiger partial charge is 0.494 e. The van der Waals surface area contributed by atoms with Crippen molar-refractivity contribution in [1.82, 2.24) is 4.98 Å². The van der Waals surface area contributed by atoms with Crippen molar-refractivity contribution >= 4 is 5.69 Å². The molecule has 2 N–H and O–H groups in total. The molecule has 0 spiro atoms. The van der Waals surface area contributed by atoms with Crippen LogP contribution in [0.3, 0.4) is 0 Å². The molecule has 1 aromatic heterocycles. The smallest absolute Gasteiger partial charge is 0.145 e. The van der Waals surface area contributed by atoms with E-state index in [9.17, 15) is 0 Å². The van der Waals surface area contributed by atoms with Crippen molar-refractivity contribution in [2.75, 3.05) is 19.4 Å². The topological polar surface area (TPSA) is 75.1 Å². The number of nitrogens with zero attached hydrogens (tertiary/aromatic N) is 2. The van der Waals surface area contributed by atoms with Crippen molar-refractivity contribution in [1.29, 1.82) is 0 Å². The van der Waals surface area contributed by atoms with E-state index >= 15 is 0 Å². The monoisotopic (exact) mass is 276 g/mol. The van der Waals surface area contributed by atoms with Crippen LogP contribution in [-0.2, 0) is 11.3 Å². The first kappa shape index (κ1) is 14.3. The first-order chi connectivity index (χ1) is 9.65. The molecule has 0 amide bonds. The Hall–Kier alpha value is -2.15. The summed E-state index contributed by atoms with van der Waals surface area (Å²) in [6.07, 6.45) is 0. The molecule has 0 bridgehead atoms. The zero-order chi connectivity index (χ0) is 14.5. The molecule has 20 heavy (non-hydrogen) atoms. The van der Waals surface area contributed by atoms with E-state index in [0.717, 1.165) is 5.69 Å². The van der Waals surface area contributed by atoms with Crippen molar-refractivity contribution in [3.05, 3.63) is 42.1 Å². The summed E-state index contributed by atoms with van der Waals surface area (Å²) in [7, 11) is 3.16. The van der Waals surface area contributed by atoms with Crippen LogP contribution in [0, 0.1) is 0 Å². The molecule has 2 aromatic rings. The van der Waals surface area contributed by atoms with Crippen LogP contribution in [0.1, 0.15) is 5.69 Å². The number of anilines is 1. The van der Waals surface area contributed by atoms with Crippen molar-refractivity contribution in [2.24, 2.45) is 0 Å². The molecule has 0 fully saturated rings. The van der Waals surface area contributed by atoms with E-state index in [1.54, 1.807) is 38.5 Å². The second kappa shape index (κ2) is 6.33. The molecule has 1 heterocycles. The summed E-state index contributed by atoms with van der Waals surface area (Å²) in [5.74, 6) is 0.601. The summed E-state index contributed by atoms with van der Waals surface area (Å²) in [6, 6.07) is 10.3. The average molecular weight is 276 g/mol. The van der Waals surface area contributed by atoms with E-state index in [0.29, 0.717) is 23.6 Å². The Labute approximate surface area is 116 Å². The SMILES string of the molecule is COCc1ccc(OC)c(-c2cccc(N(O)O)c2)n1. The third-order valence-corrected chi connectivity index (χ3v) is 2.78. The standard InChI is InChI=1S/C14H16N2O4/c1-19-9-11-6-7-13(20-2)14(15-11)10-4-3-5-12(8-10)16(17)18/h3-8,17-18H,9H2,1-2H3. The minimum atomic E-state index is 0.0645. The average Bonchev–Trinajstić information content (AvgIpc) is 2.47. The molecular weight excluding hydrogens is 260 g/mol. The molecule has 2 rings (SSSR count). The van der Waals surface area contributed by atoms with E-state index in [1.165, 1.54) is 0 Å². The first-order valence-electron chi connectivity index (χ1n) is 5.97. The van der Waals surface area contributed by atoms with Crippen LogP contribution in [0.15, 0.2) is 36.4 Å². The van der Waals surface area contributed by atoms with Crippen LogP contribution in [0.4, 0.5) is 5.69 Å². The minimum absolute atomic E-state index is 0.0645. The van der Waals surface area contributed by atoms with Gasteiger partial charge in [-0.3, -0.25) is 10.4 Å². The van der Waals surface area contributed by atoms with Gasteiger partial charge in [-0.1, -0.05) is 12.1 Å². The van der Waals surface area contributed by atoms with Gasteiger partial charge in [-0.25, -0.2) is 4.98 Å². The highest BCUT2D eigenvalue weighted by Crippen LogP contribution is 2.30. The minimum Gasteiger partial charge on any atom is -0.494 e. The summed E-state index contributed by atoms with van der Waals surface area (Å²) in [4.78, 5) is 4.47. The number of pyridine rings is 1. The van der Waals surface area contributed by atoms with Gasteiger partial charge in [0, 0.05) is 12.7 Å². The molecule has 6 nitrogen and oxygen atoms in total. The number of hydrogen-bond donors (Lipinski definition) is 2. The van der Waals surface area contributed by atoms with Crippen molar-refractivity contribution in [3.8, 4) is 17.0 Å². The maximum absolute atomic E-state index is 9.08. The van der Waals surface area contributed by atoms with Gasteiger partial charge in [0.2, 0.25) is 0 Å². The fourth-order valence-electron chi connectivity index (χ4n) is 1.86. The Morgan fingerprint density at radius 2 is 1.95 bits per heavy atom. The van der Waals surface area contributed by atoms with Crippen molar-refractivity contribution in [2.45, 2.75) is 6.61 Å². The van der Waals surface area contributed by atoms with Crippen LogP contribution in [0.5, 0.6) is 5.75 Å². The molecule has 106 valence electrons. The number of hydrogen-bond acceptors (Lipinski definition) is 6. The maximum atomic E-state index is 9.08. The fraction of sp³-hybridized carbons (Fsp3) is 0.214. The number of rotatable bonds is 5. The van der Waals surface area contributed by atoms with E-state index in [2.05, 4.69) is 4.98 Å². The van der Waals surface area contributed by atoms with Crippen LogP contribution in [0.2, 0.25) is 0 Å². The number of aromatic nitrogens is 1. The van der Waals surface area contributed by atoms with Gasteiger partial charge in [-0.05, 0) is 24.3 Å². The zero-order valence-electron chi connectivity index (χ0n) is 11.3. The second-order valence-corrected chi connectivity index (χ2v) is 4.13. The Morgan fingerprint density at radius 3 is 2.60 bits per heavy atom. The fourth-order valence-corrected chi connectivity index (χ4v) is 1.86. The predicted octanol–water partition coefficient (Wildman–Crippen LogP) is 2.49. The quantitative estimate of drug-likeness (QED) is 0.817. The third-order valence-electron chi connectivity index (χ3n) is 2.78. The number of benzene rings is 1. The van der Waals surface area contributed by atoms with Crippen molar-refractivity contribution < 1.29 is 19.9 Å². The third kappa shape index (κ3) is 3.05. The number of ether oxygens (including phenoxy) is 2. The maximum Gasteiger partial charge on any atom is 0.145 e. The highest BCUT2D eigenvalue weighted by atomic mass is 16.8. The second-order valence-electron chi connectivity index (χ2n) is 4.13. The van der Waals surface area contributed by atoms with Crippen LogP contribution in [-0.4, -0.2) is 29.6 Å².